The van der Waals surface area contributed by atoms with Gasteiger partial charge in [0.05, 0.1) is 17.5 Å². The van der Waals surface area contributed by atoms with Crippen LogP contribution in [-0.2, 0) is 18.3 Å². The molecule has 0 aliphatic carbocycles. The molecule has 0 amide bonds. The molecule has 1 aliphatic heterocycles. The van der Waals surface area contributed by atoms with Gasteiger partial charge in [0.2, 0.25) is 0 Å². The van der Waals surface area contributed by atoms with Gasteiger partial charge < -0.3 is 9.15 Å². The molecular formula is C18H23N5O3. The largest absolute Gasteiger partial charge is 0.419 e. The third kappa shape index (κ3) is 3.17. The minimum Gasteiger partial charge on any atom is -0.408 e. The van der Waals surface area contributed by atoms with Crippen LogP contribution in [0, 0.1) is 6.92 Å². The van der Waals surface area contributed by atoms with Crippen molar-refractivity contribution < 1.29 is 9.15 Å². The average molecular weight is 357 g/mol. The molecule has 2 aromatic heterocycles. The topological polar surface area (TPSA) is 89.2 Å². The maximum atomic E-state index is 11.6. The summed E-state index contributed by atoms with van der Waals surface area (Å²) in [6.45, 7) is 4.17. The van der Waals surface area contributed by atoms with Crippen LogP contribution in [0.15, 0.2) is 27.4 Å². The molecule has 3 aromatic rings. The van der Waals surface area contributed by atoms with Gasteiger partial charge in [-0.15, -0.1) is 0 Å². The first-order valence-electron chi connectivity index (χ1n) is 8.79. The molecule has 1 aromatic carbocycles. The molecule has 1 N–H and O–H groups in total. The first kappa shape index (κ1) is 17.0. The Bertz CT molecular complexity index is 973. The highest BCUT2D eigenvalue weighted by Gasteiger charge is 2.33. The molecule has 1 aliphatic rings. The van der Waals surface area contributed by atoms with Gasteiger partial charge in [0.1, 0.15) is 5.82 Å². The van der Waals surface area contributed by atoms with Crippen LogP contribution in [-0.4, -0.2) is 51.0 Å². The number of rotatable bonds is 5. The lowest BCUT2D eigenvalue weighted by atomic mass is 10.0. The van der Waals surface area contributed by atoms with Crippen molar-refractivity contribution in [2.75, 3.05) is 20.2 Å². The molecule has 138 valence electrons. The summed E-state index contributed by atoms with van der Waals surface area (Å²) in [5.41, 5.74) is 2.52. The molecule has 1 fully saturated rings. The number of hydrogen-bond donors (Lipinski definition) is 1. The van der Waals surface area contributed by atoms with E-state index in [1.165, 1.54) is 4.57 Å². The predicted molar refractivity (Wildman–Crippen MR) is 96.0 cm³/mol. The number of aromatic nitrogens is 4. The summed E-state index contributed by atoms with van der Waals surface area (Å²) in [7, 11) is 3.77. The minimum absolute atomic E-state index is 0.0774. The number of hydrogen-bond acceptors (Lipinski definition) is 6. The fourth-order valence-corrected chi connectivity index (χ4v) is 3.61. The highest BCUT2D eigenvalue weighted by molar-refractivity contribution is 5.73. The Morgan fingerprint density at radius 1 is 1.42 bits per heavy atom. The van der Waals surface area contributed by atoms with Crippen molar-refractivity contribution in [1.29, 1.82) is 0 Å². The average Bonchev–Trinajstić information content (AvgIpc) is 3.28. The first-order chi connectivity index (χ1) is 12.5. The third-order valence-corrected chi connectivity index (χ3v) is 4.96. The van der Waals surface area contributed by atoms with E-state index in [4.69, 9.17) is 9.15 Å². The summed E-state index contributed by atoms with van der Waals surface area (Å²) in [6, 6.07) is 5.88. The summed E-state index contributed by atoms with van der Waals surface area (Å²) in [5.74, 6) is 1.55. The second-order valence-electron chi connectivity index (χ2n) is 7.01. The van der Waals surface area contributed by atoms with Crippen LogP contribution in [0.1, 0.15) is 29.6 Å². The molecule has 4 rings (SSSR count). The number of aryl methyl sites for hydroxylation is 2. The Labute approximate surface area is 150 Å². The minimum atomic E-state index is -0.338. The van der Waals surface area contributed by atoms with Crippen LogP contribution < -0.4 is 5.76 Å². The maximum Gasteiger partial charge on any atom is 0.419 e. The van der Waals surface area contributed by atoms with Gasteiger partial charge in [-0.3, -0.25) is 14.6 Å². The number of benzene rings is 1. The lowest BCUT2D eigenvalue weighted by molar-refractivity contribution is 0.0711. The fourth-order valence-electron chi connectivity index (χ4n) is 3.61. The van der Waals surface area contributed by atoms with E-state index in [9.17, 15) is 4.79 Å². The van der Waals surface area contributed by atoms with E-state index >= 15 is 0 Å². The summed E-state index contributed by atoms with van der Waals surface area (Å²) < 4.78 is 12.7. The summed E-state index contributed by atoms with van der Waals surface area (Å²) in [5, 5.41) is 7.22. The first-order valence-corrected chi connectivity index (χ1v) is 8.79. The zero-order valence-corrected chi connectivity index (χ0v) is 15.2. The Balaban J connectivity index is 1.45. The molecule has 1 saturated heterocycles. The van der Waals surface area contributed by atoms with Crippen LogP contribution in [0.4, 0.5) is 0 Å². The maximum absolute atomic E-state index is 11.6. The highest BCUT2D eigenvalue weighted by Crippen LogP contribution is 2.29. The van der Waals surface area contributed by atoms with E-state index in [2.05, 4.69) is 27.1 Å². The Kier molecular flexibility index (Phi) is 4.37. The van der Waals surface area contributed by atoms with Gasteiger partial charge in [0, 0.05) is 26.7 Å². The van der Waals surface area contributed by atoms with Crippen LogP contribution >= 0.6 is 0 Å². The molecule has 0 saturated carbocycles. The van der Waals surface area contributed by atoms with Gasteiger partial charge in [-0.25, -0.2) is 9.78 Å². The fraction of sp³-hybridized carbons (Fsp3) is 0.500. The van der Waals surface area contributed by atoms with Gasteiger partial charge in [-0.2, -0.15) is 5.10 Å². The van der Waals surface area contributed by atoms with Crippen LogP contribution in [0.2, 0.25) is 0 Å². The van der Waals surface area contributed by atoms with Crippen LogP contribution in [0.5, 0.6) is 0 Å². The van der Waals surface area contributed by atoms with Crippen LogP contribution in [0.25, 0.3) is 11.1 Å². The molecule has 8 heteroatoms. The van der Waals surface area contributed by atoms with Crippen molar-refractivity contribution in [2.45, 2.75) is 31.9 Å². The lowest BCUT2D eigenvalue weighted by Gasteiger charge is -2.23. The van der Waals surface area contributed by atoms with Gasteiger partial charge in [-0.1, -0.05) is 6.07 Å². The van der Waals surface area contributed by atoms with E-state index in [1.54, 1.807) is 7.05 Å². The van der Waals surface area contributed by atoms with E-state index in [0.29, 0.717) is 5.58 Å². The van der Waals surface area contributed by atoms with Crippen molar-refractivity contribution in [3.05, 3.63) is 46.0 Å². The second kappa shape index (κ2) is 6.69. The summed E-state index contributed by atoms with van der Waals surface area (Å²) in [6.07, 6.45) is 1.02. The highest BCUT2D eigenvalue weighted by atomic mass is 16.5. The molecule has 0 unspecified atom stereocenters. The second-order valence-corrected chi connectivity index (χ2v) is 7.01. The number of oxazole rings is 1. The van der Waals surface area contributed by atoms with Crippen molar-refractivity contribution in [1.82, 2.24) is 24.6 Å². The number of likely N-dealkylation sites (N-methyl/N-ethyl adjacent to an activating group) is 1. The van der Waals surface area contributed by atoms with Crippen molar-refractivity contribution in [3.63, 3.8) is 0 Å². The summed E-state index contributed by atoms with van der Waals surface area (Å²) >= 11 is 0. The van der Waals surface area contributed by atoms with Crippen LogP contribution in [0.3, 0.4) is 0 Å². The van der Waals surface area contributed by atoms with Gasteiger partial charge >= 0.3 is 5.76 Å². The van der Waals surface area contributed by atoms with Crippen molar-refractivity contribution in [2.24, 2.45) is 7.05 Å². The van der Waals surface area contributed by atoms with Crippen molar-refractivity contribution >= 4 is 11.1 Å². The molecule has 2 atom stereocenters. The number of fused-ring (bicyclic) bond motifs is 1. The van der Waals surface area contributed by atoms with E-state index in [1.807, 2.05) is 25.1 Å². The summed E-state index contributed by atoms with van der Waals surface area (Å²) in [4.78, 5) is 18.3. The van der Waals surface area contributed by atoms with Gasteiger partial charge in [0.25, 0.3) is 0 Å². The molecule has 0 radical (unpaired) electrons. The zero-order valence-electron chi connectivity index (χ0n) is 15.2. The number of ether oxygens (including phenoxy) is 1. The van der Waals surface area contributed by atoms with E-state index in [-0.39, 0.29) is 17.8 Å². The third-order valence-electron chi connectivity index (χ3n) is 4.96. The SMILES string of the molecule is Cc1nc([C@@H]2CCO[C@@H]2CN(C)Cc2ccc3c(c2)oc(=O)n3C)n[nH]1. The molecule has 0 bridgehead atoms. The number of aromatic amines is 1. The van der Waals surface area contributed by atoms with E-state index in [0.717, 1.165) is 48.8 Å². The Hall–Kier alpha value is -2.45. The predicted octanol–water partition coefficient (Wildman–Crippen LogP) is 1.56. The zero-order chi connectivity index (χ0) is 18.3. The lowest BCUT2D eigenvalue weighted by Crippen LogP contribution is -2.32. The monoisotopic (exact) mass is 357 g/mol. The molecular weight excluding hydrogens is 334 g/mol. The quantitative estimate of drug-likeness (QED) is 0.745. The van der Waals surface area contributed by atoms with Crippen molar-refractivity contribution in [3.8, 4) is 0 Å². The smallest absolute Gasteiger partial charge is 0.408 e. The van der Waals surface area contributed by atoms with Gasteiger partial charge in [0.15, 0.2) is 11.4 Å². The van der Waals surface area contributed by atoms with E-state index < -0.39 is 0 Å². The normalized spacial score (nSPS) is 20.5. The molecule has 8 nitrogen and oxygen atoms in total. The Morgan fingerprint density at radius 2 is 2.27 bits per heavy atom. The van der Waals surface area contributed by atoms with Gasteiger partial charge in [-0.05, 0) is 38.1 Å². The molecule has 0 spiro atoms. The standard InChI is InChI=1S/C18H23N5O3/c1-11-19-17(21-20-11)13-6-7-25-16(13)10-22(2)9-12-4-5-14-15(8-12)26-18(24)23(14)3/h4-5,8,13,16H,6-7,9-10H2,1-3H3,(H,19,20,21)/t13-,16-/m1/s1. The molecule has 26 heavy (non-hydrogen) atoms. The number of nitrogens with zero attached hydrogens (tertiary/aromatic N) is 4. The molecule has 3 heterocycles. The number of nitrogens with one attached hydrogen (secondary N) is 1. The number of H-pyrrole nitrogens is 1. The Morgan fingerprint density at radius 3 is 3.04 bits per heavy atom.